The summed E-state index contributed by atoms with van der Waals surface area (Å²) in [6, 6.07) is 9.62. The molecule has 0 saturated carbocycles. The van der Waals surface area contributed by atoms with Crippen molar-refractivity contribution in [3.05, 3.63) is 35.9 Å². The van der Waals surface area contributed by atoms with Gasteiger partial charge in [-0.1, -0.05) is 30.3 Å². The third-order valence-corrected chi connectivity index (χ3v) is 2.79. The summed E-state index contributed by atoms with van der Waals surface area (Å²) in [6.07, 6.45) is -1.81. The van der Waals surface area contributed by atoms with Crippen molar-refractivity contribution in [2.24, 2.45) is 0 Å². The second kappa shape index (κ2) is 8.88. The lowest BCUT2D eigenvalue weighted by Gasteiger charge is -2.21. The molecule has 5 heteroatoms. The maximum absolute atomic E-state index is 11.6. The van der Waals surface area contributed by atoms with Gasteiger partial charge in [0.15, 0.2) is 0 Å². The molecule has 2 atom stereocenters. The number of aliphatic hydroxyl groups excluding tert-OH is 2. The van der Waals surface area contributed by atoms with Crippen molar-refractivity contribution < 1.29 is 24.5 Å². The molecule has 22 heavy (non-hydrogen) atoms. The lowest BCUT2D eigenvalue weighted by Crippen LogP contribution is -2.29. The van der Waals surface area contributed by atoms with Gasteiger partial charge < -0.3 is 19.7 Å². The third-order valence-electron chi connectivity index (χ3n) is 2.79. The van der Waals surface area contributed by atoms with Crippen LogP contribution in [0.15, 0.2) is 30.3 Å². The van der Waals surface area contributed by atoms with E-state index in [1.54, 1.807) is 20.8 Å². The highest BCUT2D eigenvalue weighted by atomic mass is 16.6. The van der Waals surface area contributed by atoms with Crippen molar-refractivity contribution in [2.45, 2.75) is 58.0 Å². The maximum Gasteiger partial charge on any atom is 0.308 e. The van der Waals surface area contributed by atoms with Gasteiger partial charge in [-0.3, -0.25) is 4.79 Å². The van der Waals surface area contributed by atoms with Crippen LogP contribution in [0.3, 0.4) is 0 Å². The van der Waals surface area contributed by atoms with E-state index in [0.29, 0.717) is 6.61 Å². The van der Waals surface area contributed by atoms with Crippen LogP contribution in [0.5, 0.6) is 0 Å². The number of ether oxygens (including phenoxy) is 2. The molecule has 2 N–H and O–H groups in total. The van der Waals surface area contributed by atoms with E-state index in [-0.39, 0.29) is 19.4 Å². The molecule has 0 bridgehead atoms. The van der Waals surface area contributed by atoms with E-state index >= 15 is 0 Å². The van der Waals surface area contributed by atoms with Gasteiger partial charge in [-0.05, 0) is 26.3 Å². The maximum atomic E-state index is 11.6. The summed E-state index contributed by atoms with van der Waals surface area (Å²) < 4.78 is 10.5. The molecule has 1 unspecified atom stereocenters. The molecular formula is C17H26O5. The molecule has 0 saturated heterocycles. The van der Waals surface area contributed by atoms with Crippen LogP contribution in [0.4, 0.5) is 0 Å². The van der Waals surface area contributed by atoms with Crippen LogP contribution < -0.4 is 0 Å². The number of rotatable bonds is 8. The molecule has 0 amide bonds. The molecule has 0 aliphatic rings. The summed E-state index contributed by atoms with van der Waals surface area (Å²) in [5.74, 6) is -0.475. The smallest absolute Gasteiger partial charge is 0.308 e. The van der Waals surface area contributed by atoms with Gasteiger partial charge in [-0.15, -0.1) is 0 Å². The SMILES string of the molecule is CC(C)(C)OC(=O)CC(O)C[C@H](O)COCc1ccccc1. The van der Waals surface area contributed by atoms with Crippen molar-refractivity contribution >= 4 is 5.97 Å². The predicted molar refractivity (Wildman–Crippen MR) is 83.2 cm³/mol. The van der Waals surface area contributed by atoms with Crippen molar-refractivity contribution in [3.8, 4) is 0 Å². The van der Waals surface area contributed by atoms with Crippen molar-refractivity contribution in [3.63, 3.8) is 0 Å². The molecule has 0 radical (unpaired) electrons. The van der Waals surface area contributed by atoms with Crippen LogP contribution in [0.2, 0.25) is 0 Å². The van der Waals surface area contributed by atoms with Crippen LogP contribution in [-0.4, -0.2) is 40.6 Å². The Balaban J connectivity index is 2.21. The zero-order valence-electron chi connectivity index (χ0n) is 13.5. The van der Waals surface area contributed by atoms with E-state index in [9.17, 15) is 15.0 Å². The fourth-order valence-electron chi connectivity index (χ4n) is 1.93. The Morgan fingerprint density at radius 2 is 1.77 bits per heavy atom. The number of esters is 1. The van der Waals surface area contributed by atoms with Crippen LogP contribution >= 0.6 is 0 Å². The highest BCUT2D eigenvalue weighted by Crippen LogP contribution is 2.11. The number of carbonyl (C=O) groups is 1. The fourth-order valence-corrected chi connectivity index (χ4v) is 1.93. The van der Waals surface area contributed by atoms with E-state index in [1.165, 1.54) is 0 Å². The zero-order chi connectivity index (χ0) is 16.6. The van der Waals surface area contributed by atoms with E-state index in [1.807, 2.05) is 30.3 Å². The average molecular weight is 310 g/mol. The minimum Gasteiger partial charge on any atom is -0.460 e. The van der Waals surface area contributed by atoms with Crippen LogP contribution in [0.1, 0.15) is 39.2 Å². The highest BCUT2D eigenvalue weighted by Gasteiger charge is 2.21. The third kappa shape index (κ3) is 8.77. The molecule has 124 valence electrons. The van der Waals surface area contributed by atoms with E-state index in [4.69, 9.17) is 9.47 Å². The number of aliphatic hydroxyl groups is 2. The Morgan fingerprint density at radius 3 is 2.36 bits per heavy atom. The minimum absolute atomic E-state index is 0.0774. The van der Waals surface area contributed by atoms with E-state index < -0.39 is 23.8 Å². The van der Waals surface area contributed by atoms with E-state index in [0.717, 1.165) is 5.56 Å². The predicted octanol–water partition coefficient (Wildman–Crippen LogP) is 2.05. The molecule has 1 aromatic carbocycles. The molecule has 0 fully saturated rings. The molecule has 0 spiro atoms. The van der Waals surface area contributed by atoms with Crippen LogP contribution in [0.25, 0.3) is 0 Å². The standard InChI is InChI=1S/C17H26O5/c1-17(2,3)22-16(20)10-14(18)9-15(19)12-21-11-13-7-5-4-6-8-13/h4-8,14-15,18-19H,9-12H2,1-3H3/t14?,15-/m0/s1. The summed E-state index contributed by atoms with van der Waals surface area (Å²) in [4.78, 5) is 11.6. The normalized spacial score (nSPS) is 14.4. The van der Waals surface area contributed by atoms with Gasteiger partial charge in [-0.25, -0.2) is 0 Å². The number of benzene rings is 1. The van der Waals surface area contributed by atoms with Gasteiger partial charge in [0.25, 0.3) is 0 Å². The van der Waals surface area contributed by atoms with Gasteiger partial charge in [-0.2, -0.15) is 0 Å². The molecule has 1 aromatic rings. The monoisotopic (exact) mass is 310 g/mol. The largest absolute Gasteiger partial charge is 0.460 e. The first-order chi connectivity index (χ1) is 10.3. The Hall–Kier alpha value is -1.43. The molecule has 1 rings (SSSR count). The summed E-state index contributed by atoms with van der Waals surface area (Å²) in [5, 5.41) is 19.6. The van der Waals surface area contributed by atoms with Gasteiger partial charge in [0.05, 0.1) is 31.8 Å². The van der Waals surface area contributed by atoms with Crippen molar-refractivity contribution in [2.75, 3.05) is 6.61 Å². The first-order valence-electron chi connectivity index (χ1n) is 7.46. The molecular weight excluding hydrogens is 284 g/mol. The van der Waals surface area contributed by atoms with Gasteiger partial charge in [0.1, 0.15) is 5.60 Å². The average Bonchev–Trinajstić information content (AvgIpc) is 2.37. The van der Waals surface area contributed by atoms with Crippen molar-refractivity contribution in [1.29, 1.82) is 0 Å². The molecule has 0 aromatic heterocycles. The topological polar surface area (TPSA) is 76.0 Å². The lowest BCUT2D eigenvalue weighted by molar-refractivity contribution is -0.157. The number of carbonyl (C=O) groups excluding carboxylic acids is 1. The molecule has 0 aliphatic heterocycles. The Labute approximate surface area is 131 Å². The summed E-state index contributed by atoms with van der Waals surface area (Å²) in [6.45, 7) is 5.82. The summed E-state index contributed by atoms with van der Waals surface area (Å²) >= 11 is 0. The van der Waals surface area contributed by atoms with Crippen molar-refractivity contribution in [1.82, 2.24) is 0 Å². The summed E-state index contributed by atoms with van der Waals surface area (Å²) in [5.41, 5.74) is 0.442. The Morgan fingerprint density at radius 1 is 1.14 bits per heavy atom. The minimum atomic E-state index is -0.940. The Bertz CT molecular complexity index is 438. The van der Waals surface area contributed by atoms with Crippen LogP contribution in [-0.2, 0) is 20.9 Å². The first-order valence-corrected chi connectivity index (χ1v) is 7.46. The fraction of sp³-hybridized carbons (Fsp3) is 0.588. The van der Waals surface area contributed by atoms with Gasteiger partial charge >= 0.3 is 5.97 Å². The quantitative estimate of drug-likeness (QED) is 0.719. The zero-order valence-corrected chi connectivity index (χ0v) is 13.5. The molecule has 5 nitrogen and oxygen atoms in total. The van der Waals surface area contributed by atoms with Gasteiger partial charge in [0.2, 0.25) is 0 Å². The second-order valence-corrected chi connectivity index (χ2v) is 6.33. The second-order valence-electron chi connectivity index (χ2n) is 6.33. The lowest BCUT2D eigenvalue weighted by atomic mass is 10.1. The van der Waals surface area contributed by atoms with Gasteiger partial charge in [0, 0.05) is 6.42 Å². The Kier molecular flexibility index (Phi) is 7.51. The molecule has 0 aliphatic carbocycles. The number of hydrogen-bond acceptors (Lipinski definition) is 5. The molecule has 0 heterocycles. The number of hydrogen-bond donors (Lipinski definition) is 2. The highest BCUT2D eigenvalue weighted by molar-refractivity contribution is 5.70. The van der Waals surface area contributed by atoms with E-state index in [2.05, 4.69) is 0 Å². The van der Waals surface area contributed by atoms with Crippen LogP contribution in [0, 0.1) is 0 Å². The summed E-state index contributed by atoms with van der Waals surface area (Å²) in [7, 11) is 0. The first kappa shape index (κ1) is 18.6.